The summed E-state index contributed by atoms with van der Waals surface area (Å²) in [5.74, 6) is -0.297. The van der Waals surface area contributed by atoms with Crippen molar-refractivity contribution in [1.29, 1.82) is 0 Å². The van der Waals surface area contributed by atoms with Crippen molar-refractivity contribution in [2.45, 2.75) is 39.7 Å². The van der Waals surface area contributed by atoms with Crippen molar-refractivity contribution in [1.82, 2.24) is 25.7 Å². The van der Waals surface area contributed by atoms with Gasteiger partial charge in [-0.15, -0.1) is 10.2 Å². The van der Waals surface area contributed by atoms with E-state index in [1.54, 1.807) is 6.20 Å². The summed E-state index contributed by atoms with van der Waals surface area (Å²) in [5, 5.41) is 21.6. The Morgan fingerprint density at radius 2 is 2.00 bits per heavy atom. The maximum absolute atomic E-state index is 12.3. The van der Waals surface area contributed by atoms with Gasteiger partial charge >= 0.3 is 0 Å². The van der Waals surface area contributed by atoms with E-state index < -0.39 is 0 Å². The molecule has 2 amide bonds. The molecule has 3 rings (SSSR count). The number of carbonyl (C=O) groups excluding carboxylic acids is 2. The zero-order chi connectivity index (χ0) is 19.9. The number of nitrogens with one attached hydrogen (secondary N) is 3. The third-order valence-corrected chi connectivity index (χ3v) is 5.24. The van der Waals surface area contributed by atoms with E-state index in [-0.39, 0.29) is 11.8 Å². The fraction of sp³-hybridized carbons (Fsp3) is 0.316. The summed E-state index contributed by atoms with van der Waals surface area (Å²) in [6.07, 6.45) is 3.35. The van der Waals surface area contributed by atoms with Gasteiger partial charge in [-0.25, -0.2) is 0 Å². The van der Waals surface area contributed by atoms with E-state index in [9.17, 15) is 9.59 Å². The third-order valence-electron chi connectivity index (χ3n) is 4.26. The molecule has 0 unspecified atom stereocenters. The average molecular weight is 398 g/mol. The Kier molecular flexibility index (Phi) is 6.49. The topological polar surface area (TPSA) is 113 Å². The maximum Gasteiger partial charge on any atom is 0.286 e. The summed E-state index contributed by atoms with van der Waals surface area (Å²) in [6.45, 7) is 4.31. The van der Waals surface area contributed by atoms with Crippen LogP contribution in [0.3, 0.4) is 0 Å². The van der Waals surface area contributed by atoms with Crippen LogP contribution >= 0.6 is 11.3 Å². The lowest BCUT2D eigenvalue weighted by molar-refractivity contribution is -0.121. The van der Waals surface area contributed by atoms with Crippen LogP contribution in [0.15, 0.2) is 30.5 Å². The Bertz CT molecular complexity index is 965. The number of hydrogen-bond donors (Lipinski definition) is 3. The number of benzene rings is 1. The van der Waals surface area contributed by atoms with E-state index in [0.29, 0.717) is 30.8 Å². The van der Waals surface area contributed by atoms with Crippen molar-refractivity contribution in [3.63, 3.8) is 0 Å². The predicted octanol–water partition coefficient (Wildman–Crippen LogP) is 2.77. The van der Waals surface area contributed by atoms with Gasteiger partial charge in [0, 0.05) is 36.3 Å². The number of para-hydroxylation sites is 1. The fourth-order valence-electron chi connectivity index (χ4n) is 2.57. The molecule has 0 aliphatic heterocycles. The zero-order valence-corrected chi connectivity index (χ0v) is 16.6. The number of hydrogen-bond acceptors (Lipinski definition) is 6. The van der Waals surface area contributed by atoms with Crippen LogP contribution in [0.25, 0.3) is 0 Å². The van der Waals surface area contributed by atoms with Crippen molar-refractivity contribution in [2.24, 2.45) is 0 Å². The molecule has 0 radical (unpaired) electrons. The highest BCUT2D eigenvalue weighted by molar-refractivity contribution is 7.13. The minimum absolute atomic E-state index is 0.0253. The molecule has 0 aliphatic rings. The molecular formula is C19H22N6O2S. The average Bonchev–Trinajstić information content (AvgIpc) is 3.31. The highest BCUT2D eigenvalue weighted by atomic mass is 32.1. The summed E-state index contributed by atoms with van der Waals surface area (Å²) in [4.78, 5) is 24.3. The number of aryl methyl sites for hydroxylation is 3. The largest absolute Gasteiger partial charge is 0.352 e. The van der Waals surface area contributed by atoms with E-state index in [1.807, 2.05) is 38.1 Å². The monoisotopic (exact) mass is 398 g/mol. The minimum Gasteiger partial charge on any atom is -0.352 e. The lowest BCUT2D eigenvalue weighted by Gasteiger charge is -2.05. The Morgan fingerprint density at radius 3 is 2.75 bits per heavy atom. The molecule has 0 spiro atoms. The maximum atomic E-state index is 12.3. The fourth-order valence-corrected chi connectivity index (χ4v) is 3.35. The van der Waals surface area contributed by atoms with Gasteiger partial charge in [0.2, 0.25) is 10.9 Å². The molecule has 9 heteroatoms. The molecule has 2 aromatic heterocycles. The summed E-state index contributed by atoms with van der Waals surface area (Å²) in [6, 6.07) is 7.56. The van der Waals surface area contributed by atoms with E-state index in [2.05, 4.69) is 31.0 Å². The first-order valence-corrected chi connectivity index (χ1v) is 9.79. The lowest BCUT2D eigenvalue weighted by Crippen LogP contribution is -2.22. The summed E-state index contributed by atoms with van der Waals surface area (Å²) in [5.41, 5.74) is 3.67. The van der Waals surface area contributed by atoms with Gasteiger partial charge in [0.25, 0.3) is 5.91 Å². The van der Waals surface area contributed by atoms with Gasteiger partial charge in [-0.05, 0) is 31.9 Å². The summed E-state index contributed by atoms with van der Waals surface area (Å²) >= 11 is 1.25. The van der Waals surface area contributed by atoms with Crippen LogP contribution in [0, 0.1) is 13.8 Å². The van der Waals surface area contributed by atoms with Gasteiger partial charge in [-0.3, -0.25) is 14.7 Å². The van der Waals surface area contributed by atoms with Crippen molar-refractivity contribution in [2.75, 3.05) is 5.32 Å². The van der Waals surface area contributed by atoms with Crippen LogP contribution in [-0.2, 0) is 17.8 Å². The first kappa shape index (κ1) is 19.7. The Balaban J connectivity index is 1.43. The van der Waals surface area contributed by atoms with Gasteiger partial charge in [0.05, 0.1) is 6.20 Å². The predicted molar refractivity (Wildman–Crippen MR) is 107 cm³/mol. The molecule has 28 heavy (non-hydrogen) atoms. The van der Waals surface area contributed by atoms with E-state index in [1.165, 1.54) is 11.3 Å². The molecule has 146 valence electrons. The molecule has 0 saturated heterocycles. The number of anilines is 1. The SMILES string of the molecule is Cc1ccccc1NC(=O)c1nnc(CCCC(=O)NCc2cn[nH]c2C)s1. The number of rotatable bonds is 8. The van der Waals surface area contributed by atoms with Crippen LogP contribution in [0.2, 0.25) is 0 Å². The van der Waals surface area contributed by atoms with Gasteiger partial charge in [-0.2, -0.15) is 5.10 Å². The molecule has 3 N–H and O–H groups in total. The number of carbonyl (C=O) groups is 2. The second-order valence-corrected chi connectivity index (χ2v) is 7.48. The molecular weight excluding hydrogens is 376 g/mol. The number of H-pyrrole nitrogens is 1. The molecule has 8 nitrogen and oxygen atoms in total. The molecule has 0 bridgehead atoms. The van der Waals surface area contributed by atoms with Gasteiger partial charge < -0.3 is 10.6 Å². The van der Waals surface area contributed by atoms with E-state index in [0.717, 1.165) is 27.5 Å². The normalized spacial score (nSPS) is 10.6. The molecule has 2 heterocycles. The Labute approximate surface area is 166 Å². The number of aromatic nitrogens is 4. The summed E-state index contributed by atoms with van der Waals surface area (Å²) < 4.78 is 0. The highest BCUT2D eigenvalue weighted by Gasteiger charge is 2.14. The van der Waals surface area contributed by atoms with E-state index >= 15 is 0 Å². The Morgan fingerprint density at radius 1 is 1.18 bits per heavy atom. The molecule has 0 atom stereocenters. The van der Waals surface area contributed by atoms with Crippen molar-refractivity contribution < 1.29 is 9.59 Å². The van der Waals surface area contributed by atoms with Crippen molar-refractivity contribution in [3.05, 3.63) is 57.3 Å². The molecule has 0 fully saturated rings. The lowest BCUT2D eigenvalue weighted by atomic mass is 10.2. The number of nitrogens with zero attached hydrogens (tertiary/aromatic N) is 3. The van der Waals surface area contributed by atoms with E-state index in [4.69, 9.17) is 0 Å². The number of aromatic amines is 1. The smallest absolute Gasteiger partial charge is 0.286 e. The van der Waals surface area contributed by atoms with Crippen molar-refractivity contribution in [3.8, 4) is 0 Å². The third kappa shape index (κ3) is 5.23. The Hall–Kier alpha value is -3.07. The van der Waals surface area contributed by atoms with Crippen LogP contribution in [0.1, 0.15) is 44.5 Å². The zero-order valence-electron chi connectivity index (χ0n) is 15.8. The molecule has 0 saturated carbocycles. The molecule has 3 aromatic rings. The number of amides is 2. The van der Waals surface area contributed by atoms with Crippen LogP contribution in [0.4, 0.5) is 5.69 Å². The van der Waals surface area contributed by atoms with Crippen molar-refractivity contribution >= 4 is 28.8 Å². The molecule has 0 aliphatic carbocycles. The quantitative estimate of drug-likeness (QED) is 0.540. The minimum atomic E-state index is -0.272. The molecule has 1 aromatic carbocycles. The van der Waals surface area contributed by atoms with Crippen LogP contribution in [0.5, 0.6) is 0 Å². The van der Waals surface area contributed by atoms with Crippen LogP contribution < -0.4 is 10.6 Å². The second-order valence-electron chi connectivity index (χ2n) is 6.42. The second kappa shape index (κ2) is 9.23. The first-order valence-electron chi connectivity index (χ1n) is 8.98. The van der Waals surface area contributed by atoms with Gasteiger partial charge in [0.1, 0.15) is 5.01 Å². The van der Waals surface area contributed by atoms with Gasteiger partial charge in [0.15, 0.2) is 0 Å². The van der Waals surface area contributed by atoms with Crippen LogP contribution in [-0.4, -0.2) is 32.2 Å². The van der Waals surface area contributed by atoms with Gasteiger partial charge in [-0.1, -0.05) is 29.5 Å². The summed E-state index contributed by atoms with van der Waals surface area (Å²) in [7, 11) is 0. The standard InChI is InChI=1S/C19H22N6O2S/c1-12-6-3-4-7-15(12)22-18(27)19-25-24-17(28-19)9-5-8-16(26)20-10-14-11-21-23-13(14)2/h3-4,6-7,11H,5,8-10H2,1-2H3,(H,20,26)(H,21,23)(H,22,27). The first-order chi connectivity index (χ1) is 13.5. The highest BCUT2D eigenvalue weighted by Crippen LogP contribution is 2.17.